The molecule has 1 aromatic heterocycles. The molecule has 5 heteroatoms. The van der Waals surface area contributed by atoms with Gasteiger partial charge in [0.05, 0.1) is 0 Å². The second kappa shape index (κ2) is 7.89. The van der Waals surface area contributed by atoms with Gasteiger partial charge in [0.1, 0.15) is 17.2 Å². The highest BCUT2D eigenvalue weighted by Gasteiger charge is 2.20. The molecular formula is C23H23FN2O2. The van der Waals surface area contributed by atoms with Gasteiger partial charge in [0, 0.05) is 55.3 Å². The Morgan fingerprint density at radius 2 is 1.79 bits per heavy atom. The maximum atomic E-state index is 13.1. The first kappa shape index (κ1) is 18.3. The van der Waals surface area contributed by atoms with Gasteiger partial charge in [-0.3, -0.25) is 4.79 Å². The van der Waals surface area contributed by atoms with E-state index < -0.39 is 0 Å². The molecule has 1 amide bonds. The summed E-state index contributed by atoms with van der Waals surface area (Å²) >= 11 is 0. The van der Waals surface area contributed by atoms with E-state index in [1.807, 2.05) is 42.2 Å². The van der Waals surface area contributed by atoms with Gasteiger partial charge in [-0.15, -0.1) is 0 Å². The number of hydrogen-bond acceptors (Lipinski definition) is 3. The minimum absolute atomic E-state index is 0.00564. The van der Waals surface area contributed by atoms with Crippen LogP contribution in [-0.4, -0.2) is 37.0 Å². The minimum Gasteiger partial charge on any atom is -0.460 e. The van der Waals surface area contributed by atoms with Gasteiger partial charge in [0.2, 0.25) is 5.91 Å². The van der Waals surface area contributed by atoms with Crippen molar-refractivity contribution >= 4 is 28.6 Å². The SMILES string of the molecule is CCc1oc2ccccc2c1/C=C/C(=O)N1CCN(c2ccc(F)cc2)CC1. The molecule has 144 valence electrons. The van der Waals surface area contributed by atoms with Crippen LogP contribution in [0.5, 0.6) is 0 Å². The molecule has 2 aromatic carbocycles. The molecule has 4 nitrogen and oxygen atoms in total. The smallest absolute Gasteiger partial charge is 0.246 e. The summed E-state index contributed by atoms with van der Waals surface area (Å²) in [7, 11) is 0. The fraction of sp³-hybridized carbons (Fsp3) is 0.261. The molecule has 0 bridgehead atoms. The molecule has 0 spiro atoms. The number of halogens is 1. The minimum atomic E-state index is -0.235. The highest BCUT2D eigenvalue weighted by molar-refractivity contribution is 5.96. The van der Waals surface area contributed by atoms with Crippen molar-refractivity contribution in [2.24, 2.45) is 0 Å². The topological polar surface area (TPSA) is 36.7 Å². The third kappa shape index (κ3) is 3.65. The number of piperazine rings is 1. The van der Waals surface area contributed by atoms with Crippen molar-refractivity contribution in [3.05, 3.63) is 71.7 Å². The number of carbonyl (C=O) groups excluding carboxylic acids is 1. The first-order valence-corrected chi connectivity index (χ1v) is 9.63. The Morgan fingerprint density at radius 3 is 2.50 bits per heavy atom. The molecule has 1 saturated heterocycles. The Morgan fingerprint density at radius 1 is 1.07 bits per heavy atom. The monoisotopic (exact) mass is 378 g/mol. The molecule has 28 heavy (non-hydrogen) atoms. The summed E-state index contributed by atoms with van der Waals surface area (Å²) in [6.45, 7) is 4.81. The normalized spacial score (nSPS) is 14.9. The van der Waals surface area contributed by atoms with Crippen LogP contribution in [0.3, 0.4) is 0 Å². The first-order valence-electron chi connectivity index (χ1n) is 9.63. The van der Waals surface area contributed by atoms with Gasteiger partial charge in [0.25, 0.3) is 0 Å². The lowest BCUT2D eigenvalue weighted by Gasteiger charge is -2.35. The summed E-state index contributed by atoms with van der Waals surface area (Å²) in [4.78, 5) is 16.7. The lowest BCUT2D eigenvalue weighted by molar-refractivity contribution is -0.126. The highest BCUT2D eigenvalue weighted by Crippen LogP contribution is 2.27. The van der Waals surface area contributed by atoms with Crippen LogP contribution in [0.4, 0.5) is 10.1 Å². The number of benzene rings is 2. The molecule has 4 rings (SSSR count). The van der Waals surface area contributed by atoms with Crippen molar-refractivity contribution in [1.29, 1.82) is 0 Å². The predicted molar refractivity (Wildman–Crippen MR) is 110 cm³/mol. The Labute approximate surface area is 163 Å². The van der Waals surface area contributed by atoms with Crippen molar-refractivity contribution < 1.29 is 13.6 Å². The molecule has 0 radical (unpaired) electrons. The average Bonchev–Trinajstić information content (AvgIpc) is 3.10. The van der Waals surface area contributed by atoms with Gasteiger partial charge in [-0.05, 0) is 36.4 Å². The van der Waals surface area contributed by atoms with E-state index in [1.165, 1.54) is 12.1 Å². The second-order valence-corrected chi connectivity index (χ2v) is 6.91. The van der Waals surface area contributed by atoms with Crippen LogP contribution in [0.15, 0.2) is 59.0 Å². The van der Waals surface area contributed by atoms with Gasteiger partial charge in [0.15, 0.2) is 0 Å². The number of anilines is 1. The number of aryl methyl sites for hydroxylation is 1. The van der Waals surface area contributed by atoms with Crippen LogP contribution in [-0.2, 0) is 11.2 Å². The van der Waals surface area contributed by atoms with Crippen LogP contribution in [0, 0.1) is 5.82 Å². The third-order valence-corrected chi connectivity index (χ3v) is 5.21. The Hall–Kier alpha value is -3.08. The van der Waals surface area contributed by atoms with Crippen LogP contribution < -0.4 is 4.90 Å². The average molecular weight is 378 g/mol. The lowest BCUT2D eigenvalue weighted by atomic mass is 10.1. The molecule has 0 aliphatic carbocycles. The molecular weight excluding hydrogens is 355 g/mol. The van der Waals surface area contributed by atoms with Gasteiger partial charge in [-0.25, -0.2) is 4.39 Å². The third-order valence-electron chi connectivity index (χ3n) is 5.21. The summed E-state index contributed by atoms with van der Waals surface area (Å²) in [6.07, 6.45) is 4.29. The highest BCUT2D eigenvalue weighted by atomic mass is 19.1. The zero-order valence-electron chi connectivity index (χ0n) is 15.9. The molecule has 2 heterocycles. The number of amides is 1. The van der Waals surface area contributed by atoms with Crippen molar-refractivity contribution in [1.82, 2.24) is 4.90 Å². The first-order chi connectivity index (χ1) is 13.7. The number of carbonyl (C=O) groups is 1. The molecule has 0 saturated carbocycles. The fourth-order valence-electron chi connectivity index (χ4n) is 3.66. The van der Waals surface area contributed by atoms with Crippen LogP contribution in [0.25, 0.3) is 17.0 Å². The van der Waals surface area contributed by atoms with Gasteiger partial charge < -0.3 is 14.2 Å². The molecule has 1 aliphatic rings. The van der Waals surface area contributed by atoms with Crippen molar-refractivity contribution in [2.45, 2.75) is 13.3 Å². The molecule has 3 aromatic rings. The summed E-state index contributed by atoms with van der Waals surface area (Å²) in [5.74, 6) is 0.665. The van der Waals surface area contributed by atoms with Crippen molar-refractivity contribution in [3.63, 3.8) is 0 Å². The van der Waals surface area contributed by atoms with E-state index in [-0.39, 0.29) is 11.7 Å². The number of hydrogen-bond donors (Lipinski definition) is 0. The fourth-order valence-corrected chi connectivity index (χ4v) is 3.66. The Bertz CT molecular complexity index is 999. The number of furan rings is 1. The van der Waals surface area contributed by atoms with Gasteiger partial charge in [-0.1, -0.05) is 25.1 Å². The van der Waals surface area contributed by atoms with Crippen LogP contribution in [0.2, 0.25) is 0 Å². The number of nitrogens with zero attached hydrogens (tertiary/aromatic N) is 2. The molecule has 0 N–H and O–H groups in total. The van der Waals surface area contributed by atoms with Crippen LogP contribution in [0.1, 0.15) is 18.2 Å². The zero-order valence-corrected chi connectivity index (χ0v) is 15.9. The largest absolute Gasteiger partial charge is 0.460 e. The molecule has 1 fully saturated rings. The summed E-state index contributed by atoms with van der Waals surface area (Å²) in [5.41, 5.74) is 2.82. The zero-order chi connectivity index (χ0) is 19.5. The van der Waals surface area contributed by atoms with Crippen LogP contribution >= 0.6 is 0 Å². The van der Waals surface area contributed by atoms with E-state index in [4.69, 9.17) is 4.42 Å². The quantitative estimate of drug-likeness (QED) is 0.628. The van der Waals surface area contributed by atoms with E-state index in [1.54, 1.807) is 18.2 Å². The van der Waals surface area contributed by atoms with Crippen molar-refractivity contribution in [2.75, 3.05) is 31.1 Å². The molecule has 1 aliphatic heterocycles. The summed E-state index contributed by atoms with van der Waals surface area (Å²) in [5, 5.41) is 1.03. The number of fused-ring (bicyclic) bond motifs is 1. The maximum Gasteiger partial charge on any atom is 0.246 e. The second-order valence-electron chi connectivity index (χ2n) is 6.91. The van der Waals surface area contributed by atoms with E-state index >= 15 is 0 Å². The Kier molecular flexibility index (Phi) is 5.15. The summed E-state index contributed by atoms with van der Waals surface area (Å²) < 4.78 is 19.0. The van der Waals surface area contributed by atoms with E-state index in [0.29, 0.717) is 13.1 Å². The number of para-hydroxylation sites is 1. The number of rotatable bonds is 4. The van der Waals surface area contributed by atoms with Gasteiger partial charge in [-0.2, -0.15) is 0 Å². The molecule has 0 atom stereocenters. The van der Waals surface area contributed by atoms with Crippen molar-refractivity contribution in [3.8, 4) is 0 Å². The molecule has 0 unspecified atom stereocenters. The maximum absolute atomic E-state index is 13.1. The van der Waals surface area contributed by atoms with E-state index in [2.05, 4.69) is 4.90 Å². The standard InChI is InChI=1S/C23H23FN2O2/c1-2-21-20(19-5-3-4-6-22(19)28-21)11-12-23(27)26-15-13-25(14-16-26)18-9-7-17(24)8-10-18/h3-12H,2,13-16H2,1H3/b12-11+. The lowest BCUT2D eigenvalue weighted by Crippen LogP contribution is -2.48. The van der Waals surface area contributed by atoms with E-state index in [9.17, 15) is 9.18 Å². The van der Waals surface area contributed by atoms with E-state index in [0.717, 1.165) is 47.5 Å². The summed E-state index contributed by atoms with van der Waals surface area (Å²) in [6, 6.07) is 14.4. The Balaban J connectivity index is 1.43. The predicted octanol–water partition coefficient (Wildman–Crippen LogP) is 4.50. The van der Waals surface area contributed by atoms with Gasteiger partial charge >= 0.3 is 0 Å².